The summed E-state index contributed by atoms with van der Waals surface area (Å²) in [7, 11) is 0. The lowest BCUT2D eigenvalue weighted by Gasteiger charge is -2.31. The maximum absolute atomic E-state index is 12.6. The summed E-state index contributed by atoms with van der Waals surface area (Å²) in [5.74, 6) is 0. The molecule has 0 N–H and O–H groups in total. The van der Waals surface area contributed by atoms with Crippen molar-refractivity contribution in [2.24, 2.45) is 0 Å². The average molecular weight is 276 g/mol. The number of aryl methyl sites for hydroxylation is 1. The van der Waals surface area contributed by atoms with Crippen LogP contribution >= 0.6 is 0 Å². The zero-order chi connectivity index (χ0) is 14.2. The Bertz CT molecular complexity index is 602. The predicted molar refractivity (Wildman–Crippen MR) is 72.0 cm³/mol. The smallest absolute Gasteiger partial charge is 0.341 e. The minimum Gasteiger partial charge on any atom is -0.341 e. The van der Waals surface area contributed by atoms with Gasteiger partial charge in [-0.05, 0) is 54.8 Å². The van der Waals surface area contributed by atoms with E-state index < -0.39 is 11.7 Å². The maximum Gasteiger partial charge on any atom is 0.416 e. The van der Waals surface area contributed by atoms with Crippen molar-refractivity contribution in [2.75, 3.05) is 11.4 Å². The lowest BCUT2D eigenvalue weighted by Crippen LogP contribution is -2.24. The number of alkyl halides is 3. The molecule has 0 bridgehead atoms. The second-order valence-corrected chi connectivity index (χ2v) is 4.83. The van der Waals surface area contributed by atoms with E-state index in [2.05, 4.69) is 11.0 Å². The van der Waals surface area contributed by atoms with Gasteiger partial charge in [0.25, 0.3) is 0 Å². The van der Waals surface area contributed by atoms with Gasteiger partial charge in [-0.3, -0.25) is 0 Å². The number of nitrogens with zero attached hydrogens (tertiary/aromatic N) is 1. The summed E-state index contributed by atoms with van der Waals surface area (Å²) in [4.78, 5) is 2.05. The minimum absolute atomic E-state index is 0.613. The summed E-state index contributed by atoms with van der Waals surface area (Å²) < 4.78 is 37.7. The zero-order valence-corrected chi connectivity index (χ0v) is 10.7. The fraction of sp³-hybridized carbons (Fsp3) is 0.250. The molecule has 4 heteroatoms. The summed E-state index contributed by atoms with van der Waals surface area (Å²) in [6.45, 7) is 0.816. The standard InChI is InChI=1S/C16H13F3N/c17-16(18,19)13-7-9-14(10-8-13)20-11-3-5-12-4-1-2-6-15(12)20/h1-2,6-10H,3,5,11H2. The third-order valence-corrected chi connectivity index (χ3v) is 3.52. The highest BCUT2D eigenvalue weighted by molar-refractivity contribution is 5.67. The van der Waals surface area contributed by atoms with Crippen molar-refractivity contribution in [2.45, 2.75) is 19.0 Å². The summed E-state index contributed by atoms with van der Waals surface area (Å²) in [5.41, 5.74) is 2.34. The van der Waals surface area contributed by atoms with Crippen molar-refractivity contribution in [3.8, 4) is 0 Å². The Hall–Kier alpha value is -1.97. The van der Waals surface area contributed by atoms with E-state index in [1.807, 2.05) is 18.2 Å². The van der Waals surface area contributed by atoms with Crippen molar-refractivity contribution < 1.29 is 13.2 Å². The Morgan fingerprint density at radius 1 is 1.05 bits per heavy atom. The Balaban J connectivity index is 1.95. The van der Waals surface area contributed by atoms with Gasteiger partial charge in [0.1, 0.15) is 0 Å². The lowest BCUT2D eigenvalue weighted by molar-refractivity contribution is -0.137. The quantitative estimate of drug-likeness (QED) is 0.736. The molecule has 0 saturated heterocycles. The van der Waals surface area contributed by atoms with E-state index in [1.54, 1.807) is 0 Å². The minimum atomic E-state index is -4.29. The molecule has 1 aliphatic heterocycles. The molecule has 0 aliphatic carbocycles. The maximum atomic E-state index is 12.6. The summed E-state index contributed by atoms with van der Waals surface area (Å²) in [6.07, 6.45) is -2.34. The van der Waals surface area contributed by atoms with Gasteiger partial charge in [-0.15, -0.1) is 0 Å². The third kappa shape index (κ3) is 2.38. The summed E-state index contributed by atoms with van der Waals surface area (Å²) in [6, 6.07) is 14.3. The molecule has 0 saturated carbocycles. The van der Waals surface area contributed by atoms with Gasteiger partial charge in [-0.1, -0.05) is 12.1 Å². The first-order valence-corrected chi connectivity index (χ1v) is 6.50. The Morgan fingerprint density at radius 2 is 1.80 bits per heavy atom. The van der Waals surface area contributed by atoms with Gasteiger partial charge in [0.2, 0.25) is 0 Å². The molecule has 2 aromatic rings. The molecule has 0 unspecified atom stereocenters. The van der Waals surface area contributed by atoms with Crippen molar-refractivity contribution in [1.29, 1.82) is 0 Å². The summed E-state index contributed by atoms with van der Waals surface area (Å²) in [5, 5.41) is 0. The molecule has 1 aliphatic rings. The predicted octanol–water partition coefficient (Wildman–Crippen LogP) is 4.59. The number of rotatable bonds is 1. The monoisotopic (exact) mass is 276 g/mol. The van der Waals surface area contributed by atoms with E-state index in [0.29, 0.717) is 0 Å². The molecule has 2 aromatic carbocycles. The molecule has 103 valence electrons. The molecule has 1 heterocycles. The van der Waals surface area contributed by atoms with Gasteiger partial charge in [0.15, 0.2) is 0 Å². The van der Waals surface area contributed by atoms with E-state index in [1.165, 1.54) is 12.1 Å². The third-order valence-electron chi connectivity index (χ3n) is 3.52. The van der Waals surface area contributed by atoms with E-state index in [0.717, 1.165) is 48.5 Å². The molecule has 0 atom stereocenters. The first kappa shape index (κ1) is 13.0. The number of hydrogen-bond donors (Lipinski definition) is 0. The highest BCUT2D eigenvalue weighted by Crippen LogP contribution is 2.35. The van der Waals surface area contributed by atoms with Crippen LogP contribution in [0.3, 0.4) is 0 Å². The SMILES string of the molecule is FC(F)(F)c1ccc(N2CCCc3[c]cccc32)cc1. The molecule has 1 radical (unpaired) electrons. The number of benzene rings is 2. The average Bonchev–Trinajstić information content (AvgIpc) is 2.46. The number of anilines is 2. The van der Waals surface area contributed by atoms with Crippen LogP contribution in [-0.2, 0) is 12.6 Å². The van der Waals surface area contributed by atoms with Gasteiger partial charge in [-0.25, -0.2) is 0 Å². The molecule has 3 rings (SSSR count). The van der Waals surface area contributed by atoms with Crippen LogP contribution in [0.1, 0.15) is 17.5 Å². The number of fused-ring (bicyclic) bond motifs is 1. The number of halogens is 3. The van der Waals surface area contributed by atoms with E-state index in [-0.39, 0.29) is 0 Å². The molecule has 0 amide bonds. The van der Waals surface area contributed by atoms with Crippen molar-refractivity contribution in [3.05, 3.63) is 59.7 Å². The first-order valence-electron chi connectivity index (χ1n) is 6.50. The van der Waals surface area contributed by atoms with E-state index in [9.17, 15) is 13.2 Å². The van der Waals surface area contributed by atoms with Crippen LogP contribution in [0.25, 0.3) is 0 Å². The van der Waals surface area contributed by atoms with Gasteiger partial charge < -0.3 is 4.90 Å². The first-order chi connectivity index (χ1) is 9.55. The lowest BCUT2D eigenvalue weighted by atomic mass is 10.0. The normalized spacial score (nSPS) is 15.1. The second kappa shape index (κ2) is 4.85. The van der Waals surface area contributed by atoms with Crippen LogP contribution in [0.5, 0.6) is 0 Å². The van der Waals surface area contributed by atoms with Crippen LogP contribution in [0.15, 0.2) is 42.5 Å². The van der Waals surface area contributed by atoms with Crippen molar-refractivity contribution in [3.63, 3.8) is 0 Å². The molecule has 0 aromatic heterocycles. The van der Waals surface area contributed by atoms with Gasteiger partial charge in [-0.2, -0.15) is 13.2 Å². The Morgan fingerprint density at radius 3 is 2.50 bits per heavy atom. The molecule has 1 nitrogen and oxygen atoms in total. The molecule has 0 spiro atoms. The highest BCUT2D eigenvalue weighted by atomic mass is 19.4. The topological polar surface area (TPSA) is 3.24 Å². The fourth-order valence-corrected chi connectivity index (χ4v) is 2.55. The molecule has 20 heavy (non-hydrogen) atoms. The van der Waals surface area contributed by atoms with E-state index >= 15 is 0 Å². The van der Waals surface area contributed by atoms with Gasteiger partial charge in [0, 0.05) is 17.9 Å². The van der Waals surface area contributed by atoms with Gasteiger partial charge in [0.05, 0.1) is 5.56 Å². The van der Waals surface area contributed by atoms with Gasteiger partial charge >= 0.3 is 6.18 Å². The molecular weight excluding hydrogens is 263 g/mol. The van der Waals surface area contributed by atoms with Crippen LogP contribution in [0, 0.1) is 6.07 Å². The largest absolute Gasteiger partial charge is 0.416 e. The summed E-state index contributed by atoms with van der Waals surface area (Å²) >= 11 is 0. The van der Waals surface area contributed by atoms with Crippen molar-refractivity contribution >= 4 is 11.4 Å². The molecule has 0 fully saturated rings. The molecular formula is C16H13F3N. The second-order valence-electron chi connectivity index (χ2n) is 4.83. The van der Waals surface area contributed by atoms with Crippen molar-refractivity contribution in [1.82, 2.24) is 0 Å². The number of hydrogen-bond acceptors (Lipinski definition) is 1. The Labute approximate surface area is 115 Å². The Kier molecular flexibility index (Phi) is 3.16. The highest BCUT2D eigenvalue weighted by Gasteiger charge is 2.30. The zero-order valence-electron chi connectivity index (χ0n) is 10.7. The van der Waals surface area contributed by atoms with Crippen LogP contribution < -0.4 is 4.90 Å². The van der Waals surface area contributed by atoms with Crippen LogP contribution in [-0.4, -0.2) is 6.54 Å². The van der Waals surface area contributed by atoms with Crippen LogP contribution in [0.4, 0.5) is 24.5 Å². The van der Waals surface area contributed by atoms with Crippen LogP contribution in [0.2, 0.25) is 0 Å². The van der Waals surface area contributed by atoms with E-state index in [4.69, 9.17) is 0 Å². The fourth-order valence-electron chi connectivity index (χ4n) is 2.55.